The molecule has 0 spiro atoms. The summed E-state index contributed by atoms with van der Waals surface area (Å²) in [4.78, 5) is 0. The van der Waals surface area contributed by atoms with E-state index in [-0.39, 0.29) is 21.2 Å². The fourth-order valence-electron chi connectivity index (χ4n) is 6.68. The Labute approximate surface area is 398 Å². The predicted octanol–water partition coefficient (Wildman–Crippen LogP) is 8.15. The van der Waals surface area contributed by atoms with Crippen LogP contribution < -0.4 is 47.8 Å². The van der Waals surface area contributed by atoms with E-state index in [4.69, 9.17) is 60.6 Å². The highest BCUT2D eigenvalue weighted by molar-refractivity contribution is 7.22. The van der Waals surface area contributed by atoms with Crippen molar-refractivity contribution in [2.75, 3.05) is 33.0 Å². The second-order valence-electron chi connectivity index (χ2n) is 13.3. The number of hydrogen-bond donors (Lipinski definition) is 0. The molecule has 0 aliphatic rings. The fraction of sp³-hybridized carbons (Fsp3) is 0.143. The Kier molecular flexibility index (Phi) is 18.1. The number of hydrogen-bond acceptors (Lipinski definition) is 3. The van der Waals surface area contributed by atoms with Gasteiger partial charge in [0.2, 0.25) is 3.57 Å². The first kappa shape index (κ1) is 53.8. The topological polar surface area (TPSA) is 27.7 Å². The van der Waals surface area contributed by atoms with Crippen molar-refractivity contribution in [1.29, 1.82) is 0 Å². The van der Waals surface area contributed by atoms with Crippen LogP contribution in [0.5, 0.6) is 5.75 Å². The summed E-state index contributed by atoms with van der Waals surface area (Å²) >= 11 is 22.1. The zero-order valence-corrected chi connectivity index (χ0v) is 38.2. The van der Waals surface area contributed by atoms with Crippen LogP contribution in [-0.4, -0.2) is 39.2 Å². The maximum absolute atomic E-state index is 15.8. The molecule has 358 valence electrons. The zero-order valence-electron chi connectivity index (χ0n) is 33.0. The van der Waals surface area contributed by atoms with E-state index in [9.17, 15) is 52.7 Å². The molecular weight excluding hydrogens is 1140 g/mol. The SMILES string of the molecule is CCOCCOCCOc1ccccc1[I+]c1ccccc1.Fc1c(F)c(F)c([B-](c2c(F)c(F)c(F)c(F)c2Cl)(c2c(F)c(F)c(F)c(F)c2Cl)c2c(F)c(F)c(F)c(F)c2Cl)c(Cl)c1F. The Morgan fingerprint density at radius 1 is 0.388 bits per heavy atom. The highest BCUT2D eigenvalue weighted by Gasteiger charge is 2.50. The maximum atomic E-state index is 15.8. The monoisotopic (exact) mass is 1160 g/mol. The largest absolute Gasteiger partial charge is 0.486 e. The molecule has 3 nitrogen and oxygen atoms in total. The molecule has 0 unspecified atom stereocenters. The fourth-order valence-corrected chi connectivity index (χ4v) is 10.4. The second kappa shape index (κ2) is 22.5. The molecule has 6 rings (SSSR count). The van der Waals surface area contributed by atoms with Crippen molar-refractivity contribution in [3.63, 3.8) is 0 Å². The van der Waals surface area contributed by atoms with Gasteiger partial charge in [-0.25, -0.2) is 70.2 Å². The molecule has 67 heavy (non-hydrogen) atoms. The van der Waals surface area contributed by atoms with Gasteiger partial charge in [-0.15, -0.1) is 21.9 Å². The Morgan fingerprint density at radius 3 is 1.07 bits per heavy atom. The molecule has 0 aliphatic heterocycles. The summed E-state index contributed by atoms with van der Waals surface area (Å²) in [5, 5.41) is -9.69. The molecule has 6 aromatic rings. The molecular formula is C42H22BCl4F16IO3. The summed E-state index contributed by atoms with van der Waals surface area (Å²) in [5.74, 6) is -47.3. The van der Waals surface area contributed by atoms with Crippen LogP contribution in [0.3, 0.4) is 0 Å². The molecule has 0 heterocycles. The van der Waals surface area contributed by atoms with Crippen LogP contribution in [0.2, 0.25) is 20.1 Å². The molecule has 6 aromatic carbocycles. The van der Waals surface area contributed by atoms with Gasteiger partial charge in [-0.05, 0) is 31.2 Å². The Balaban J connectivity index is 0.000000319. The molecule has 0 amide bonds. The summed E-state index contributed by atoms with van der Waals surface area (Å²) in [5.41, 5.74) is -10.7. The lowest BCUT2D eigenvalue weighted by Gasteiger charge is -2.46. The Bertz CT molecular complexity index is 2450. The van der Waals surface area contributed by atoms with Crippen LogP contribution in [-0.2, 0) is 9.47 Å². The minimum Gasteiger partial charge on any atom is -0.486 e. The van der Waals surface area contributed by atoms with Crippen LogP contribution in [0, 0.1) is 100 Å². The van der Waals surface area contributed by atoms with Gasteiger partial charge in [0.25, 0.3) is 0 Å². The minimum absolute atomic E-state index is 0.213. The highest BCUT2D eigenvalue weighted by atomic mass is 127. The molecule has 0 aliphatic carbocycles. The summed E-state index contributed by atoms with van der Waals surface area (Å²) in [7, 11) is 0. The second-order valence-corrected chi connectivity index (χ2v) is 17.7. The average Bonchev–Trinajstić information content (AvgIpc) is 3.32. The lowest BCUT2D eigenvalue weighted by molar-refractivity contribution is -0.598. The number of ether oxygens (including phenoxy) is 3. The van der Waals surface area contributed by atoms with Crippen molar-refractivity contribution < 1.29 is 106 Å². The molecule has 0 atom stereocenters. The summed E-state index contributed by atoms with van der Waals surface area (Å²) in [6.45, 7) is 5.14. The van der Waals surface area contributed by atoms with Crippen LogP contribution in [0.1, 0.15) is 6.92 Å². The van der Waals surface area contributed by atoms with Gasteiger partial charge in [0.1, 0.15) is 36.0 Å². The summed E-state index contributed by atoms with van der Waals surface area (Å²) < 4.78 is 257. The van der Waals surface area contributed by atoms with Crippen LogP contribution in [0.4, 0.5) is 70.2 Å². The van der Waals surface area contributed by atoms with Gasteiger partial charge in [-0.1, -0.05) is 76.7 Å². The Hall–Kier alpha value is -4.13. The van der Waals surface area contributed by atoms with Gasteiger partial charge in [0, 0.05) is 26.7 Å². The number of halogens is 21. The van der Waals surface area contributed by atoms with Crippen LogP contribution in [0.15, 0.2) is 54.6 Å². The van der Waals surface area contributed by atoms with Crippen LogP contribution in [0.25, 0.3) is 0 Å². The van der Waals surface area contributed by atoms with Crippen molar-refractivity contribution in [3.8, 4) is 5.75 Å². The van der Waals surface area contributed by atoms with E-state index >= 15 is 17.6 Å². The molecule has 0 radical (unpaired) electrons. The molecule has 0 N–H and O–H groups in total. The van der Waals surface area contributed by atoms with E-state index in [0.29, 0.717) is 26.4 Å². The molecule has 0 fully saturated rings. The predicted molar refractivity (Wildman–Crippen MR) is 213 cm³/mol. The molecule has 25 heteroatoms. The van der Waals surface area contributed by atoms with Crippen molar-refractivity contribution in [2.24, 2.45) is 0 Å². The van der Waals surface area contributed by atoms with Crippen molar-refractivity contribution >= 4 is 74.4 Å². The smallest absolute Gasteiger partial charge is 0.362 e. The normalized spacial score (nSPS) is 11.5. The maximum Gasteiger partial charge on any atom is 0.362 e. The molecule has 0 aromatic heterocycles. The molecule has 0 saturated carbocycles. The first-order valence-corrected chi connectivity index (χ1v) is 22.1. The van der Waals surface area contributed by atoms with Gasteiger partial charge < -0.3 is 14.2 Å². The van der Waals surface area contributed by atoms with E-state index < -0.39 is 141 Å². The third-order valence-electron chi connectivity index (χ3n) is 9.55. The Morgan fingerprint density at radius 2 is 0.701 bits per heavy atom. The molecule has 0 bridgehead atoms. The summed E-state index contributed by atoms with van der Waals surface area (Å²) in [6, 6.07) is 18.9. The third-order valence-corrected chi connectivity index (χ3v) is 13.8. The van der Waals surface area contributed by atoms with E-state index in [2.05, 4.69) is 42.5 Å². The van der Waals surface area contributed by atoms with E-state index in [1.54, 1.807) is 0 Å². The lowest BCUT2D eigenvalue weighted by atomic mass is 9.12. The third kappa shape index (κ3) is 10.1. The average molecular weight is 1160 g/mol. The number of rotatable bonds is 14. The summed E-state index contributed by atoms with van der Waals surface area (Å²) in [6.07, 6.45) is -6.24. The van der Waals surface area contributed by atoms with Gasteiger partial charge in [-0.2, -0.15) is 0 Å². The van der Waals surface area contributed by atoms with Gasteiger partial charge >= 0.3 is 21.2 Å². The minimum atomic E-state index is -6.24. The first-order valence-electron chi connectivity index (χ1n) is 18.4. The standard InChI is InChI=1S/C24BCl4F16.C18H22IO3/c26-5-1(9(30)17(38)21(42)13(5)34)25(2-6(27)14(35)22(43)18(39)10(2)31,3-7(28)15(36)23(44)19(40)11(3)32)4-8(29)16(37)24(45)20(41)12(4)33;1-2-20-12-13-21-14-15-22-18-11-7-6-10-17(18)19-16-8-4-3-5-9-16/h;3-11H,2,12-15H2,1H3/q-1;+1. The van der Waals surface area contributed by atoms with E-state index in [0.717, 1.165) is 12.4 Å². The van der Waals surface area contributed by atoms with Gasteiger partial charge in [0.05, 0.1) is 19.8 Å². The molecule has 0 saturated heterocycles. The van der Waals surface area contributed by atoms with Crippen LogP contribution >= 0.6 is 46.4 Å². The quantitative estimate of drug-likeness (QED) is 0.0276. The van der Waals surface area contributed by atoms with Crippen molar-refractivity contribution in [2.45, 2.75) is 6.92 Å². The van der Waals surface area contributed by atoms with Crippen molar-refractivity contribution in [3.05, 3.63) is 175 Å². The van der Waals surface area contributed by atoms with Crippen molar-refractivity contribution in [1.82, 2.24) is 0 Å². The number of benzene rings is 6. The highest BCUT2D eigenvalue weighted by Crippen LogP contribution is 2.36. The number of para-hydroxylation sites is 1. The van der Waals surface area contributed by atoms with E-state index in [1.165, 1.54) is 7.14 Å². The van der Waals surface area contributed by atoms with Gasteiger partial charge in [0.15, 0.2) is 79.1 Å². The lowest BCUT2D eigenvalue weighted by Crippen LogP contribution is -3.61. The van der Waals surface area contributed by atoms with E-state index in [1.807, 2.05) is 19.1 Å². The van der Waals surface area contributed by atoms with Gasteiger partial charge in [-0.3, -0.25) is 0 Å². The first-order chi connectivity index (χ1) is 31.6. The zero-order chi connectivity index (χ0) is 49.8.